The topological polar surface area (TPSA) is 16.4 Å². The van der Waals surface area contributed by atoms with Gasteiger partial charge in [-0.1, -0.05) is 127 Å². The number of furan rings is 1. The van der Waals surface area contributed by atoms with Gasteiger partial charge in [-0.05, 0) is 98.9 Å². The van der Waals surface area contributed by atoms with Gasteiger partial charge in [0, 0.05) is 53.6 Å². The molecule has 0 bridgehead atoms. The highest BCUT2D eigenvalue weighted by atomic mass is 32.1. The van der Waals surface area contributed by atoms with Crippen LogP contribution in [-0.2, 0) is 0 Å². The van der Waals surface area contributed by atoms with Gasteiger partial charge in [0.2, 0.25) is 0 Å². The third kappa shape index (κ3) is 4.93. The Hall–Kier alpha value is -6.68. The molecule has 11 aromatic rings. The summed E-state index contributed by atoms with van der Waals surface area (Å²) in [4.78, 5) is 2.40. The molecule has 0 spiro atoms. The summed E-state index contributed by atoms with van der Waals surface area (Å²) in [5.41, 5.74) is 9.78. The normalized spacial score (nSPS) is 11.8. The van der Waals surface area contributed by atoms with Crippen LogP contribution in [0, 0.1) is 0 Å². The van der Waals surface area contributed by atoms with Gasteiger partial charge in [-0.2, -0.15) is 0 Å². The lowest BCUT2D eigenvalue weighted by molar-refractivity contribution is 0.670. The standard InChI is InChI=1S/C50H31NOS/c1-2-9-33(10-3-1)41-14-8-15-43-45-29-36(22-27-47(45)52-50(41)43)32-19-23-37(24-20-32)51(39-26-28-49-46(31-39)42-13-6-7-16-48(42)53-49)38-25-21-35-18-17-34-11-4-5-12-40(34)44(35)30-38/h1-31H. The number of nitrogens with zero attached hydrogens (tertiary/aromatic N) is 1. The molecule has 0 aliphatic carbocycles. The first-order valence-electron chi connectivity index (χ1n) is 18.0. The number of hydrogen-bond acceptors (Lipinski definition) is 3. The van der Waals surface area contributed by atoms with Crippen molar-refractivity contribution in [1.82, 2.24) is 0 Å². The van der Waals surface area contributed by atoms with Crippen LogP contribution >= 0.6 is 11.3 Å². The molecular weight excluding hydrogens is 663 g/mol. The Kier molecular flexibility index (Phi) is 6.76. The van der Waals surface area contributed by atoms with Crippen molar-refractivity contribution in [3.05, 3.63) is 188 Å². The van der Waals surface area contributed by atoms with Crippen LogP contribution in [0.5, 0.6) is 0 Å². The second-order valence-electron chi connectivity index (χ2n) is 13.7. The highest BCUT2D eigenvalue weighted by Gasteiger charge is 2.17. The van der Waals surface area contributed by atoms with Gasteiger partial charge >= 0.3 is 0 Å². The zero-order chi connectivity index (χ0) is 34.9. The Morgan fingerprint density at radius 2 is 1.00 bits per heavy atom. The van der Waals surface area contributed by atoms with Crippen LogP contribution in [0.4, 0.5) is 17.1 Å². The predicted octanol–water partition coefficient (Wildman–Crippen LogP) is 15.1. The summed E-state index contributed by atoms with van der Waals surface area (Å²) in [5, 5.41) is 9.84. The molecule has 0 aliphatic heterocycles. The molecule has 3 heteroatoms. The maximum absolute atomic E-state index is 6.48. The van der Waals surface area contributed by atoms with Crippen molar-refractivity contribution in [2.75, 3.05) is 4.90 Å². The zero-order valence-corrected chi connectivity index (χ0v) is 29.5. The summed E-state index contributed by atoms with van der Waals surface area (Å²) in [5.74, 6) is 0. The maximum Gasteiger partial charge on any atom is 0.143 e. The molecule has 9 aromatic carbocycles. The number of rotatable bonds is 5. The minimum absolute atomic E-state index is 0.898. The first-order valence-corrected chi connectivity index (χ1v) is 18.8. The average molecular weight is 694 g/mol. The summed E-state index contributed by atoms with van der Waals surface area (Å²) in [6, 6.07) is 68.0. The number of hydrogen-bond donors (Lipinski definition) is 0. The fourth-order valence-electron chi connectivity index (χ4n) is 8.06. The molecule has 2 aromatic heterocycles. The fourth-order valence-corrected chi connectivity index (χ4v) is 9.14. The zero-order valence-electron chi connectivity index (χ0n) is 28.7. The van der Waals surface area contributed by atoms with Crippen molar-refractivity contribution in [2.45, 2.75) is 0 Å². The highest BCUT2D eigenvalue weighted by molar-refractivity contribution is 7.25. The van der Waals surface area contributed by atoms with E-state index in [-0.39, 0.29) is 0 Å². The third-order valence-electron chi connectivity index (χ3n) is 10.6. The van der Waals surface area contributed by atoms with Crippen molar-refractivity contribution < 1.29 is 4.42 Å². The quantitative estimate of drug-likeness (QED) is 0.167. The SMILES string of the molecule is c1ccc(-c2cccc3c2oc2ccc(-c4ccc(N(c5ccc6ccc7ccccc7c6c5)c5ccc6sc7ccccc7c6c5)cc4)cc23)cc1. The van der Waals surface area contributed by atoms with E-state index in [9.17, 15) is 0 Å². The van der Waals surface area contributed by atoms with E-state index < -0.39 is 0 Å². The van der Waals surface area contributed by atoms with Crippen molar-refractivity contribution in [3.8, 4) is 22.3 Å². The van der Waals surface area contributed by atoms with Gasteiger partial charge in [0.1, 0.15) is 11.2 Å². The lowest BCUT2D eigenvalue weighted by Gasteiger charge is -2.26. The molecule has 0 N–H and O–H groups in total. The molecule has 11 rings (SSSR count). The predicted molar refractivity (Wildman–Crippen MR) is 227 cm³/mol. The molecule has 248 valence electrons. The minimum atomic E-state index is 0.898. The van der Waals surface area contributed by atoms with Crippen LogP contribution in [0.2, 0.25) is 0 Å². The van der Waals surface area contributed by atoms with E-state index in [4.69, 9.17) is 4.42 Å². The summed E-state index contributed by atoms with van der Waals surface area (Å²) < 4.78 is 9.09. The number of fused-ring (bicyclic) bond motifs is 9. The van der Waals surface area contributed by atoms with E-state index in [0.29, 0.717) is 0 Å². The van der Waals surface area contributed by atoms with Crippen LogP contribution in [-0.4, -0.2) is 0 Å². The molecular formula is C50H31NOS. The van der Waals surface area contributed by atoms with Crippen LogP contribution in [0.15, 0.2) is 192 Å². The van der Waals surface area contributed by atoms with E-state index in [1.54, 1.807) is 0 Å². The lowest BCUT2D eigenvalue weighted by Crippen LogP contribution is -2.09. The van der Waals surface area contributed by atoms with Gasteiger partial charge in [-0.25, -0.2) is 0 Å². The van der Waals surface area contributed by atoms with Crippen LogP contribution in [0.3, 0.4) is 0 Å². The van der Waals surface area contributed by atoms with E-state index in [0.717, 1.165) is 61.3 Å². The Labute approximate surface area is 310 Å². The number of benzene rings is 9. The van der Waals surface area contributed by atoms with E-state index in [2.05, 4.69) is 187 Å². The second kappa shape index (κ2) is 11.9. The fraction of sp³-hybridized carbons (Fsp3) is 0. The molecule has 0 saturated carbocycles. The molecule has 53 heavy (non-hydrogen) atoms. The second-order valence-corrected chi connectivity index (χ2v) is 14.8. The molecule has 0 amide bonds. The van der Waals surface area contributed by atoms with Crippen molar-refractivity contribution in [2.24, 2.45) is 0 Å². The minimum Gasteiger partial charge on any atom is -0.455 e. The first kappa shape index (κ1) is 30.0. The van der Waals surface area contributed by atoms with Gasteiger partial charge in [0.15, 0.2) is 0 Å². The van der Waals surface area contributed by atoms with E-state index in [1.807, 2.05) is 17.4 Å². The van der Waals surface area contributed by atoms with E-state index >= 15 is 0 Å². The summed E-state index contributed by atoms with van der Waals surface area (Å²) >= 11 is 1.85. The van der Waals surface area contributed by atoms with Crippen molar-refractivity contribution in [1.29, 1.82) is 0 Å². The molecule has 0 fully saturated rings. The number of para-hydroxylation sites is 1. The Morgan fingerprint density at radius 3 is 1.87 bits per heavy atom. The third-order valence-corrected chi connectivity index (χ3v) is 11.8. The Bertz CT molecular complexity index is 3170. The first-order chi connectivity index (χ1) is 26.2. The van der Waals surface area contributed by atoms with Gasteiger partial charge in [-0.3, -0.25) is 0 Å². The lowest BCUT2D eigenvalue weighted by atomic mass is 9.99. The largest absolute Gasteiger partial charge is 0.455 e. The molecule has 2 heterocycles. The molecule has 0 aliphatic rings. The summed E-state index contributed by atoms with van der Waals surface area (Å²) in [6.45, 7) is 0. The van der Waals surface area contributed by atoms with Gasteiger partial charge in [0.05, 0.1) is 0 Å². The molecule has 0 saturated heterocycles. The van der Waals surface area contributed by atoms with Gasteiger partial charge in [0.25, 0.3) is 0 Å². The molecule has 0 unspecified atom stereocenters. The number of thiophene rings is 1. The van der Waals surface area contributed by atoms with E-state index in [1.165, 1.54) is 41.7 Å². The Morgan fingerprint density at radius 1 is 0.358 bits per heavy atom. The van der Waals surface area contributed by atoms with Crippen LogP contribution in [0.25, 0.3) is 85.9 Å². The summed E-state index contributed by atoms with van der Waals surface area (Å²) in [7, 11) is 0. The summed E-state index contributed by atoms with van der Waals surface area (Å²) in [6.07, 6.45) is 0. The highest BCUT2D eigenvalue weighted by Crippen LogP contribution is 2.43. The smallest absolute Gasteiger partial charge is 0.143 e. The average Bonchev–Trinajstić information content (AvgIpc) is 3.79. The molecule has 2 nitrogen and oxygen atoms in total. The van der Waals surface area contributed by atoms with Gasteiger partial charge in [-0.15, -0.1) is 11.3 Å². The number of anilines is 3. The van der Waals surface area contributed by atoms with Crippen LogP contribution < -0.4 is 4.90 Å². The van der Waals surface area contributed by atoms with Crippen molar-refractivity contribution in [3.63, 3.8) is 0 Å². The van der Waals surface area contributed by atoms with Crippen molar-refractivity contribution >= 4 is 92.1 Å². The molecule has 0 atom stereocenters. The van der Waals surface area contributed by atoms with Gasteiger partial charge < -0.3 is 9.32 Å². The monoisotopic (exact) mass is 693 g/mol. The Balaban J connectivity index is 1.04. The van der Waals surface area contributed by atoms with Crippen LogP contribution in [0.1, 0.15) is 0 Å². The molecule has 0 radical (unpaired) electrons. The maximum atomic E-state index is 6.48.